The fourth-order valence-corrected chi connectivity index (χ4v) is 4.20. The van der Waals surface area contributed by atoms with Gasteiger partial charge in [-0.25, -0.2) is 0 Å². The second-order valence-corrected chi connectivity index (χ2v) is 8.14. The third-order valence-corrected chi connectivity index (χ3v) is 6.28. The van der Waals surface area contributed by atoms with Crippen molar-refractivity contribution in [2.24, 2.45) is 0 Å². The number of nitrogens with one attached hydrogen (secondary N) is 2. The summed E-state index contributed by atoms with van der Waals surface area (Å²) in [7, 11) is 1.57. The molecule has 9 heteroatoms. The van der Waals surface area contributed by atoms with Gasteiger partial charge >= 0.3 is 0 Å². The second-order valence-electron chi connectivity index (χ2n) is 6.37. The zero-order chi connectivity index (χ0) is 21.7. The van der Waals surface area contributed by atoms with Crippen LogP contribution in [0.1, 0.15) is 17.9 Å². The van der Waals surface area contributed by atoms with Crippen molar-refractivity contribution >= 4 is 52.5 Å². The molecule has 1 heterocycles. The van der Waals surface area contributed by atoms with Crippen LogP contribution in [0.15, 0.2) is 53.1 Å². The van der Waals surface area contributed by atoms with Crippen molar-refractivity contribution in [3.05, 3.63) is 68.7 Å². The molecule has 0 aliphatic carbocycles. The number of rotatable bonds is 6. The Hall–Kier alpha value is -2.66. The Morgan fingerprint density at radius 1 is 1.30 bits per heavy atom. The fraction of sp³-hybridized carbons (Fsp3) is 0.190. The van der Waals surface area contributed by atoms with Crippen molar-refractivity contribution in [2.45, 2.75) is 12.3 Å². The van der Waals surface area contributed by atoms with Crippen molar-refractivity contribution in [3.8, 4) is 11.8 Å². The Morgan fingerprint density at radius 3 is 2.70 bits per heavy atom. The summed E-state index contributed by atoms with van der Waals surface area (Å²) < 4.78 is 5.16. The van der Waals surface area contributed by atoms with E-state index in [4.69, 9.17) is 27.9 Å². The minimum absolute atomic E-state index is 0.0149. The normalized spacial score (nSPS) is 15.9. The molecule has 0 aromatic heterocycles. The maximum absolute atomic E-state index is 12.4. The number of benzene rings is 2. The summed E-state index contributed by atoms with van der Waals surface area (Å²) in [5, 5.41) is 16.1. The summed E-state index contributed by atoms with van der Waals surface area (Å²) in [6, 6.07) is 14.3. The quantitative estimate of drug-likeness (QED) is 0.649. The van der Waals surface area contributed by atoms with Crippen molar-refractivity contribution < 1.29 is 14.3 Å². The van der Waals surface area contributed by atoms with E-state index < -0.39 is 0 Å². The molecule has 1 aliphatic heterocycles. The van der Waals surface area contributed by atoms with Crippen LogP contribution < -0.4 is 15.4 Å². The number of anilines is 1. The number of nitrogens with zero attached hydrogens (tertiary/aromatic N) is 1. The molecule has 154 valence electrons. The van der Waals surface area contributed by atoms with E-state index in [-0.39, 0.29) is 34.9 Å². The second kappa shape index (κ2) is 9.90. The van der Waals surface area contributed by atoms with E-state index in [0.717, 1.165) is 17.3 Å². The van der Waals surface area contributed by atoms with Gasteiger partial charge in [0.05, 0.1) is 45.3 Å². The molecule has 1 aliphatic rings. The van der Waals surface area contributed by atoms with Crippen molar-refractivity contribution in [2.75, 3.05) is 18.2 Å². The zero-order valence-electron chi connectivity index (χ0n) is 15.9. The number of carbonyl (C=O) groups excluding carboxylic acids is 2. The maximum atomic E-state index is 12.4. The standard InChI is InChI=1S/C21H17Cl2N3O3S/c1-29-13-7-5-12(6-8-13)14-9-18(27)26-21(15(14)10-24)30-11-19(28)25-17-4-2-3-16(22)20(17)23/h2-8,14H,9,11H2,1H3,(H,25,28)(H,26,27)/t14-/m1/s1. The molecule has 0 unspecified atom stereocenters. The molecule has 3 rings (SSSR count). The van der Waals surface area contributed by atoms with E-state index in [2.05, 4.69) is 16.7 Å². The van der Waals surface area contributed by atoms with Gasteiger partial charge in [-0.1, -0.05) is 53.2 Å². The molecular weight excluding hydrogens is 445 g/mol. The third kappa shape index (κ3) is 5.08. The first-order valence-corrected chi connectivity index (χ1v) is 10.6. The summed E-state index contributed by atoms with van der Waals surface area (Å²) in [6.45, 7) is 0. The highest BCUT2D eigenvalue weighted by Crippen LogP contribution is 2.36. The van der Waals surface area contributed by atoms with E-state index in [1.807, 2.05) is 12.1 Å². The SMILES string of the molecule is COc1ccc([C@H]2CC(=O)NC(SCC(=O)Nc3cccc(Cl)c3Cl)=C2C#N)cc1. The molecule has 2 aromatic carbocycles. The summed E-state index contributed by atoms with van der Waals surface area (Å²) in [5.74, 6) is -0.265. The number of hydrogen-bond acceptors (Lipinski definition) is 5. The zero-order valence-corrected chi connectivity index (χ0v) is 18.2. The Kier molecular flexibility index (Phi) is 7.27. The number of hydrogen-bond donors (Lipinski definition) is 2. The van der Waals surface area contributed by atoms with E-state index in [0.29, 0.717) is 27.1 Å². The average Bonchev–Trinajstić information content (AvgIpc) is 2.75. The predicted octanol–water partition coefficient (Wildman–Crippen LogP) is 4.71. The number of halogens is 2. The lowest BCUT2D eigenvalue weighted by Crippen LogP contribution is -2.31. The summed E-state index contributed by atoms with van der Waals surface area (Å²) >= 11 is 13.1. The van der Waals surface area contributed by atoms with Gasteiger partial charge in [-0.15, -0.1) is 0 Å². The van der Waals surface area contributed by atoms with Gasteiger partial charge in [0.15, 0.2) is 0 Å². The van der Waals surface area contributed by atoms with Crippen LogP contribution in [-0.4, -0.2) is 24.7 Å². The smallest absolute Gasteiger partial charge is 0.234 e. The van der Waals surface area contributed by atoms with Crippen LogP contribution in [0.5, 0.6) is 5.75 Å². The molecule has 2 amide bonds. The molecule has 6 nitrogen and oxygen atoms in total. The van der Waals surface area contributed by atoms with Crippen LogP contribution in [0.2, 0.25) is 10.0 Å². The molecule has 0 bridgehead atoms. The molecule has 30 heavy (non-hydrogen) atoms. The first-order chi connectivity index (χ1) is 14.4. The number of carbonyl (C=O) groups is 2. The first kappa shape index (κ1) is 22.0. The van der Waals surface area contributed by atoms with Gasteiger partial charge in [0, 0.05) is 12.3 Å². The minimum Gasteiger partial charge on any atom is -0.497 e. The van der Waals surface area contributed by atoms with Crippen LogP contribution in [0, 0.1) is 11.3 Å². The predicted molar refractivity (Wildman–Crippen MR) is 119 cm³/mol. The molecule has 0 saturated carbocycles. The van der Waals surface area contributed by atoms with Gasteiger partial charge < -0.3 is 15.4 Å². The van der Waals surface area contributed by atoms with Gasteiger partial charge in [0.2, 0.25) is 11.8 Å². The molecule has 0 radical (unpaired) electrons. The van der Waals surface area contributed by atoms with E-state index in [1.54, 1.807) is 37.4 Å². The Labute approximate surface area is 188 Å². The average molecular weight is 462 g/mol. The van der Waals surface area contributed by atoms with Gasteiger partial charge in [-0.2, -0.15) is 5.26 Å². The van der Waals surface area contributed by atoms with Crippen LogP contribution in [0.4, 0.5) is 5.69 Å². The summed E-state index contributed by atoms with van der Waals surface area (Å²) in [5.41, 5.74) is 1.64. The largest absolute Gasteiger partial charge is 0.497 e. The highest BCUT2D eigenvalue weighted by atomic mass is 35.5. The molecule has 0 fully saturated rings. The highest BCUT2D eigenvalue weighted by molar-refractivity contribution is 8.03. The minimum atomic E-state index is -0.386. The van der Waals surface area contributed by atoms with Crippen LogP contribution in [-0.2, 0) is 9.59 Å². The fourth-order valence-electron chi connectivity index (χ4n) is 2.98. The Bertz CT molecular complexity index is 1050. The van der Waals surface area contributed by atoms with E-state index in [1.165, 1.54) is 0 Å². The lowest BCUT2D eigenvalue weighted by molar-refractivity contribution is -0.121. The van der Waals surface area contributed by atoms with E-state index >= 15 is 0 Å². The van der Waals surface area contributed by atoms with Crippen molar-refractivity contribution in [3.63, 3.8) is 0 Å². The van der Waals surface area contributed by atoms with Gasteiger partial charge in [-0.05, 0) is 29.8 Å². The van der Waals surface area contributed by atoms with Crippen LogP contribution in [0.3, 0.4) is 0 Å². The third-order valence-electron chi connectivity index (χ3n) is 4.45. The van der Waals surface area contributed by atoms with Crippen molar-refractivity contribution in [1.82, 2.24) is 5.32 Å². The van der Waals surface area contributed by atoms with Crippen LogP contribution in [0.25, 0.3) is 0 Å². The molecule has 0 saturated heterocycles. The topological polar surface area (TPSA) is 91.2 Å². The number of methoxy groups -OCH3 is 1. The Morgan fingerprint density at radius 2 is 2.03 bits per heavy atom. The lowest BCUT2D eigenvalue weighted by atomic mass is 9.87. The number of thioether (sulfide) groups is 1. The molecule has 0 spiro atoms. The van der Waals surface area contributed by atoms with Gasteiger partial charge in [0.1, 0.15) is 5.75 Å². The van der Waals surface area contributed by atoms with Gasteiger partial charge in [-0.3, -0.25) is 9.59 Å². The Balaban J connectivity index is 1.76. The number of allylic oxidation sites excluding steroid dienone is 1. The number of nitriles is 1. The summed E-state index contributed by atoms with van der Waals surface area (Å²) in [6.07, 6.45) is 0.156. The highest BCUT2D eigenvalue weighted by Gasteiger charge is 2.30. The lowest BCUT2D eigenvalue weighted by Gasteiger charge is -2.25. The number of ether oxygens (including phenoxy) is 1. The molecule has 2 aromatic rings. The molecule has 1 atom stereocenters. The summed E-state index contributed by atoms with van der Waals surface area (Å²) in [4.78, 5) is 24.6. The molecule has 2 N–H and O–H groups in total. The van der Waals surface area contributed by atoms with E-state index in [9.17, 15) is 14.9 Å². The van der Waals surface area contributed by atoms with Crippen molar-refractivity contribution in [1.29, 1.82) is 5.26 Å². The maximum Gasteiger partial charge on any atom is 0.234 e. The monoisotopic (exact) mass is 461 g/mol. The van der Waals surface area contributed by atoms with Gasteiger partial charge in [0.25, 0.3) is 0 Å². The first-order valence-electron chi connectivity index (χ1n) is 8.87. The van der Waals surface area contributed by atoms with Crippen LogP contribution >= 0.6 is 35.0 Å². The molecular formula is C21H17Cl2N3O3S. The number of amides is 2.